The van der Waals surface area contributed by atoms with Gasteiger partial charge in [-0.05, 0) is 72.9 Å². The summed E-state index contributed by atoms with van der Waals surface area (Å²) in [5.41, 5.74) is 5.49. The molecule has 0 spiro atoms. The van der Waals surface area contributed by atoms with E-state index < -0.39 is 5.97 Å². The van der Waals surface area contributed by atoms with Crippen molar-refractivity contribution in [2.75, 3.05) is 13.7 Å². The van der Waals surface area contributed by atoms with Crippen molar-refractivity contribution < 1.29 is 19.1 Å². The van der Waals surface area contributed by atoms with E-state index in [1.54, 1.807) is 13.2 Å². The Labute approximate surface area is 183 Å². The van der Waals surface area contributed by atoms with Crippen molar-refractivity contribution in [3.63, 3.8) is 0 Å². The zero-order valence-corrected chi connectivity index (χ0v) is 18.3. The minimum atomic E-state index is -0.552. The van der Waals surface area contributed by atoms with Crippen LogP contribution in [0.3, 0.4) is 0 Å². The van der Waals surface area contributed by atoms with Gasteiger partial charge in [0.05, 0.1) is 12.7 Å². The molecule has 0 aromatic heterocycles. The second kappa shape index (κ2) is 9.90. The summed E-state index contributed by atoms with van der Waals surface area (Å²) < 4.78 is 10.7. The molecule has 4 nitrogen and oxygen atoms in total. The Morgan fingerprint density at radius 2 is 1.55 bits per heavy atom. The highest BCUT2D eigenvalue weighted by molar-refractivity contribution is 6.22. The number of carbonyl (C=O) groups is 2. The first kappa shape index (κ1) is 22.0. The summed E-state index contributed by atoms with van der Waals surface area (Å²) >= 11 is 0. The maximum absolute atomic E-state index is 13.0. The van der Waals surface area contributed by atoms with Crippen LogP contribution in [0.25, 0.3) is 11.6 Å². The number of ketones is 1. The molecule has 158 valence electrons. The molecule has 3 aromatic carbocycles. The van der Waals surface area contributed by atoms with Crippen LogP contribution in [0.2, 0.25) is 0 Å². The maximum Gasteiger partial charge on any atom is 0.339 e. The van der Waals surface area contributed by atoms with Crippen LogP contribution < -0.4 is 4.74 Å². The van der Waals surface area contributed by atoms with Gasteiger partial charge in [-0.25, -0.2) is 4.79 Å². The number of aryl methyl sites for hydroxylation is 3. The smallest absolute Gasteiger partial charge is 0.339 e. The van der Waals surface area contributed by atoms with Gasteiger partial charge in [-0.2, -0.15) is 0 Å². The molecule has 0 aliphatic carbocycles. The number of benzene rings is 3. The van der Waals surface area contributed by atoms with Gasteiger partial charge in [-0.1, -0.05) is 48.5 Å². The summed E-state index contributed by atoms with van der Waals surface area (Å²) in [6, 6.07) is 20.5. The highest BCUT2D eigenvalue weighted by Gasteiger charge is 2.18. The van der Waals surface area contributed by atoms with E-state index >= 15 is 0 Å². The third kappa shape index (κ3) is 5.48. The summed E-state index contributed by atoms with van der Waals surface area (Å²) in [6.07, 6.45) is 1.74. The molecule has 0 aliphatic rings. The van der Waals surface area contributed by atoms with Crippen molar-refractivity contribution >= 4 is 23.4 Å². The maximum atomic E-state index is 13.0. The molecule has 31 heavy (non-hydrogen) atoms. The molecule has 0 saturated heterocycles. The number of methoxy groups -OCH3 is 1. The lowest BCUT2D eigenvalue weighted by atomic mass is 9.98. The van der Waals surface area contributed by atoms with E-state index in [0.717, 1.165) is 22.3 Å². The number of hydrogen-bond donors (Lipinski definition) is 0. The monoisotopic (exact) mass is 414 g/mol. The molecule has 0 radical (unpaired) electrons. The first-order valence-corrected chi connectivity index (χ1v) is 10.1. The second-order valence-electron chi connectivity index (χ2n) is 7.45. The fourth-order valence-electron chi connectivity index (χ4n) is 3.32. The van der Waals surface area contributed by atoms with Gasteiger partial charge in [0, 0.05) is 5.56 Å². The molecule has 3 aromatic rings. The van der Waals surface area contributed by atoms with E-state index in [9.17, 15) is 9.59 Å². The van der Waals surface area contributed by atoms with E-state index in [1.807, 2.05) is 87.5 Å². The Morgan fingerprint density at radius 3 is 2.26 bits per heavy atom. The van der Waals surface area contributed by atoms with E-state index in [2.05, 4.69) is 0 Å². The van der Waals surface area contributed by atoms with Crippen molar-refractivity contribution in [2.24, 2.45) is 0 Å². The van der Waals surface area contributed by atoms with Gasteiger partial charge in [0.2, 0.25) is 5.78 Å². The Morgan fingerprint density at radius 1 is 0.839 bits per heavy atom. The number of carbonyl (C=O) groups excluding carboxylic acids is 2. The van der Waals surface area contributed by atoms with Gasteiger partial charge in [0.15, 0.2) is 6.61 Å². The number of rotatable bonds is 7. The molecule has 0 atom stereocenters. The fraction of sp³-hybridized carbons (Fsp3) is 0.185. The third-order valence-corrected chi connectivity index (χ3v) is 5.18. The van der Waals surface area contributed by atoms with Gasteiger partial charge < -0.3 is 9.47 Å². The number of esters is 1. The molecule has 0 saturated carbocycles. The van der Waals surface area contributed by atoms with Crippen LogP contribution in [0.15, 0.2) is 66.7 Å². The number of hydrogen-bond acceptors (Lipinski definition) is 4. The van der Waals surface area contributed by atoms with Crippen molar-refractivity contribution in [3.05, 3.63) is 100 Å². The van der Waals surface area contributed by atoms with Crippen LogP contribution in [-0.4, -0.2) is 25.5 Å². The summed E-state index contributed by atoms with van der Waals surface area (Å²) in [5.74, 6) is -0.0819. The van der Waals surface area contributed by atoms with E-state index in [1.165, 1.54) is 0 Å². The van der Waals surface area contributed by atoms with Crippen molar-refractivity contribution in [2.45, 2.75) is 20.8 Å². The standard InChI is InChI=1S/C27H26O4/c1-18-13-20(3)24(14-19(18)2)26(28)17-31-27(29)25(22-10-6-5-7-11-22)16-21-9-8-12-23(15-21)30-4/h5-16H,17H2,1-4H3. The van der Waals surface area contributed by atoms with E-state index in [0.29, 0.717) is 22.4 Å². The molecule has 0 aliphatic heterocycles. The molecule has 0 N–H and O–H groups in total. The van der Waals surface area contributed by atoms with Crippen molar-refractivity contribution in [1.82, 2.24) is 0 Å². The highest BCUT2D eigenvalue weighted by Crippen LogP contribution is 2.23. The molecule has 4 heteroatoms. The number of Topliss-reactive ketones (excluding diaryl/α,β-unsaturated/α-hetero) is 1. The summed E-state index contributed by atoms with van der Waals surface area (Å²) in [6.45, 7) is 5.54. The predicted octanol–water partition coefficient (Wildman–Crippen LogP) is 5.59. The zero-order valence-electron chi connectivity index (χ0n) is 18.3. The first-order chi connectivity index (χ1) is 14.9. The normalized spacial score (nSPS) is 11.2. The molecule has 0 unspecified atom stereocenters. The quantitative estimate of drug-likeness (QED) is 0.219. The Bertz CT molecular complexity index is 1130. The molecular formula is C27H26O4. The van der Waals surface area contributed by atoms with Crippen molar-refractivity contribution in [3.8, 4) is 5.75 Å². The van der Waals surface area contributed by atoms with Crippen LogP contribution in [0.4, 0.5) is 0 Å². The van der Waals surface area contributed by atoms with Gasteiger partial charge in [-0.3, -0.25) is 4.79 Å². The van der Waals surface area contributed by atoms with Gasteiger partial charge in [0.25, 0.3) is 0 Å². The fourth-order valence-corrected chi connectivity index (χ4v) is 3.32. The van der Waals surface area contributed by atoms with E-state index in [-0.39, 0.29) is 12.4 Å². The number of ether oxygens (including phenoxy) is 2. The molecule has 0 bridgehead atoms. The molecule has 0 amide bonds. The van der Waals surface area contributed by atoms with Crippen LogP contribution >= 0.6 is 0 Å². The van der Waals surface area contributed by atoms with Crippen molar-refractivity contribution in [1.29, 1.82) is 0 Å². The third-order valence-electron chi connectivity index (χ3n) is 5.18. The predicted molar refractivity (Wildman–Crippen MR) is 123 cm³/mol. The topological polar surface area (TPSA) is 52.6 Å². The average molecular weight is 415 g/mol. The van der Waals surface area contributed by atoms with Gasteiger partial charge in [0.1, 0.15) is 5.75 Å². The SMILES string of the molecule is COc1cccc(C=C(C(=O)OCC(=O)c2cc(C)c(C)cc2C)c2ccccc2)c1. The lowest BCUT2D eigenvalue weighted by molar-refractivity contribution is -0.135. The van der Waals surface area contributed by atoms with Crippen LogP contribution in [0.1, 0.15) is 38.2 Å². The zero-order chi connectivity index (χ0) is 22.4. The second-order valence-corrected chi connectivity index (χ2v) is 7.45. The Balaban J connectivity index is 1.85. The lowest BCUT2D eigenvalue weighted by Crippen LogP contribution is -2.16. The molecule has 3 rings (SSSR count). The minimum absolute atomic E-state index is 0.220. The van der Waals surface area contributed by atoms with Gasteiger partial charge >= 0.3 is 5.97 Å². The average Bonchev–Trinajstić information content (AvgIpc) is 2.78. The molecule has 0 heterocycles. The van der Waals surface area contributed by atoms with Gasteiger partial charge in [-0.15, -0.1) is 0 Å². The summed E-state index contributed by atoms with van der Waals surface area (Å²) in [5, 5.41) is 0. The molecular weight excluding hydrogens is 388 g/mol. The largest absolute Gasteiger partial charge is 0.497 e. The Hall–Kier alpha value is -3.66. The molecule has 0 fully saturated rings. The van der Waals surface area contributed by atoms with Crippen LogP contribution in [-0.2, 0) is 9.53 Å². The summed E-state index contributed by atoms with van der Waals surface area (Å²) in [7, 11) is 1.59. The first-order valence-electron chi connectivity index (χ1n) is 10.1. The summed E-state index contributed by atoms with van der Waals surface area (Å²) in [4.78, 5) is 25.7. The lowest BCUT2D eigenvalue weighted by Gasteiger charge is -2.11. The Kier molecular flexibility index (Phi) is 7.03. The minimum Gasteiger partial charge on any atom is -0.497 e. The highest BCUT2D eigenvalue weighted by atomic mass is 16.5. The van der Waals surface area contributed by atoms with Crippen LogP contribution in [0, 0.1) is 20.8 Å². The van der Waals surface area contributed by atoms with E-state index in [4.69, 9.17) is 9.47 Å². The van der Waals surface area contributed by atoms with Crippen LogP contribution in [0.5, 0.6) is 5.75 Å².